The summed E-state index contributed by atoms with van der Waals surface area (Å²) < 4.78 is 4.99. The third-order valence-corrected chi connectivity index (χ3v) is 3.94. The Morgan fingerprint density at radius 3 is 2.39 bits per heavy atom. The second kappa shape index (κ2) is 6.53. The van der Waals surface area contributed by atoms with Crippen molar-refractivity contribution in [3.05, 3.63) is 0 Å². The molecule has 2 saturated carbocycles. The maximum atomic E-state index is 11.7. The maximum Gasteiger partial charge on any atom is 0.234 e. The summed E-state index contributed by atoms with van der Waals surface area (Å²) in [4.78, 5) is 11.7. The van der Waals surface area contributed by atoms with Crippen molar-refractivity contribution in [3.63, 3.8) is 0 Å². The van der Waals surface area contributed by atoms with E-state index in [1.807, 2.05) is 6.92 Å². The van der Waals surface area contributed by atoms with Crippen LogP contribution in [0.5, 0.6) is 0 Å². The Kier molecular flexibility index (Phi) is 5.01. The molecule has 4 nitrogen and oxygen atoms in total. The van der Waals surface area contributed by atoms with Gasteiger partial charge in [-0.2, -0.15) is 0 Å². The van der Waals surface area contributed by atoms with E-state index in [-0.39, 0.29) is 11.9 Å². The van der Waals surface area contributed by atoms with Crippen LogP contribution in [-0.2, 0) is 9.53 Å². The summed E-state index contributed by atoms with van der Waals surface area (Å²) in [5.74, 6) is 2.79. The predicted octanol–water partition coefficient (Wildman–Crippen LogP) is 1.16. The first-order chi connectivity index (χ1) is 8.70. The van der Waals surface area contributed by atoms with Crippen molar-refractivity contribution in [2.24, 2.45) is 17.8 Å². The molecule has 0 saturated heterocycles. The highest BCUT2D eigenvalue weighted by atomic mass is 16.5. The highest BCUT2D eigenvalue weighted by Gasteiger charge is 2.40. The zero-order valence-corrected chi connectivity index (χ0v) is 11.6. The number of hydrogen-bond donors (Lipinski definition) is 2. The van der Waals surface area contributed by atoms with Gasteiger partial charge in [0.15, 0.2) is 0 Å². The number of hydrogen-bond acceptors (Lipinski definition) is 3. The standard InChI is InChI=1S/C14H26N2O2/c1-10(9-18-2)16-14(17)8-15-7-13(11-3-4-11)12-5-6-12/h10-13,15H,3-9H2,1-2H3,(H,16,17). The summed E-state index contributed by atoms with van der Waals surface area (Å²) >= 11 is 0. The summed E-state index contributed by atoms with van der Waals surface area (Å²) in [7, 11) is 1.65. The Balaban J connectivity index is 1.57. The van der Waals surface area contributed by atoms with Gasteiger partial charge in [0, 0.05) is 13.2 Å². The minimum absolute atomic E-state index is 0.0740. The Labute approximate surface area is 110 Å². The van der Waals surface area contributed by atoms with Gasteiger partial charge in [-0.3, -0.25) is 4.79 Å². The number of amides is 1. The van der Waals surface area contributed by atoms with Crippen molar-refractivity contribution < 1.29 is 9.53 Å². The van der Waals surface area contributed by atoms with E-state index in [0.29, 0.717) is 13.2 Å². The summed E-state index contributed by atoms with van der Waals surface area (Å²) in [5, 5.41) is 6.24. The predicted molar refractivity (Wildman–Crippen MR) is 71.3 cm³/mol. The van der Waals surface area contributed by atoms with Gasteiger partial charge < -0.3 is 15.4 Å². The molecule has 0 spiro atoms. The van der Waals surface area contributed by atoms with Crippen molar-refractivity contribution in [3.8, 4) is 0 Å². The molecule has 104 valence electrons. The number of nitrogens with one attached hydrogen (secondary N) is 2. The van der Waals surface area contributed by atoms with Crippen molar-refractivity contribution in [2.45, 2.75) is 38.6 Å². The van der Waals surface area contributed by atoms with Crippen LogP contribution in [0.1, 0.15) is 32.6 Å². The van der Waals surface area contributed by atoms with Crippen LogP contribution in [0, 0.1) is 17.8 Å². The zero-order chi connectivity index (χ0) is 13.0. The van der Waals surface area contributed by atoms with Gasteiger partial charge in [0.05, 0.1) is 13.2 Å². The molecule has 0 aliphatic heterocycles. The van der Waals surface area contributed by atoms with Gasteiger partial charge in [-0.05, 0) is 56.9 Å². The molecule has 0 aromatic carbocycles. The van der Waals surface area contributed by atoms with Crippen LogP contribution in [0.15, 0.2) is 0 Å². The van der Waals surface area contributed by atoms with Gasteiger partial charge in [0.25, 0.3) is 0 Å². The molecule has 18 heavy (non-hydrogen) atoms. The van der Waals surface area contributed by atoms with Gasteiger partial charge in [0.2, 0.25) is 5.91 Å². The first-order valence-corrected chi connectivity index (χ1v) is 7.19. The molecule has 1 amide bonds. The Morgan fingerprint density at radius 1 is 1.28 bits per heavy atom. The molecule has 0 aromatic heterocycles. The second-order valence-electron chi connectivity index (χ2n) is 5.89. The smallest absolute Gasteiger partial charge is 0.234 e. The SMILES string of the molecule is COCC(C)NC(=O)CNCC(C1CC1)C1CC1. The fourth-order valence-corrected chi connectivity index (χ4v) is 2.74. The van der Waals surface area contributed by atoms with Crippen molar-refractivity contribution >= 4 is 5.91 Å². The summed E-state index contributed by atoms with van der Waals surface area (Å²) in [5.41, 5.74) is 0. The summed E-state index contributed by atoms with van der Waals surface area (Å²) in [6.07, 6.45) is 5.61. The average molecular weight is 254 g/mol. The molecule has 2 aliphatic carbocycles. The molecule has 1 atom stereocenters. The number of rotatable bonds is 9. The number of carbonyl (C=O) groups excluding carboxylic acids is 1. The third-order valence-electron chi connectivity index (χ3n) is 3.94. The number of carbonyl (C=O) groups is 1. The highest BCUT2D eigenvalue weighted by molar-refractivity contribution is 5.78. The molecule has 2 N–H and O–H groups in total. The quantitative estimate of drug-likeness (QED) is 0.649. The summed E-state index contributed by atoms with van der Waals surface area (Å²) in [6, 6.07) is 0.0898. The van der Waals surface area contributed by atoms with E-state index in [4.69, 9.17) is 4.74 Å². The average Bonchev–Trinajstić information content (AvgIpc) is 3.15. The molecule has 0 radical (unpaired) electrons. The lowest BCUT2D eigenvalue weighted by Gasteiger charge is -2.17. The first kappa shape index (κ1) is 13.8. The van der Waals surface area contributed by atoms with Crippen LogP contribution < -0.4 is 10.6 Å². The van der Waals surface area contributed by atoms with E-state index < -0.39 is 0 Å². The van der Waals surface area contributed by atoms with Crippen LogP contribution in [-0.4, -0.2) is 38.8 Å². The minimum atomic E-state index is 0.0740. The van der Waals surface area contributed by atoms with Crippen LogP contribution in [0.4, 0.5) is 0 Å². The van der Waals surface area contributed by atoms with Crippen LogP contribution in [0.3, 0.4) is 0 Å². The van der Waals surface area contributed by atoms with E-state index in [1.165, 1.54) is 25.7 Å². The van der Waals surface area contributed by atoms with E-state index in [1.54, 1.807) is 7.11 Å². The van der Waals surface area contributed by atoms with Gasteiger partial charge in [-0.25, -0.2) is 0 Å². The molecular weight excluding hydrogens is 228 g/mol. The zero-order valence-electron chi connectivity index (χ0n) is 11.6. The molecule has 1 unspecified atom stereocenters. The van der Waals surface area contributed by atoms with Gasteiger partial charge in [-0.15, -0.1) is 0 Å². The fraction of sp³-hybridized carbons (Fsp3) is 0.929. The van der Waals surface area contributed by atoms with Gasteiger partial charge in [0.1, 0.15) is 0 Å². The molecule has 4 heteroatoms. The van der Waals surface area contributed by atoms with E-state index in [2.05, 4.69) is 10.6 Å². The summed E-state index contributed by atoms with van der Waals surface area (Å²) in [6.45, 7) is 3.97. The van der Waals surface area contributed by atoms with E-state index in [9.17, 15) is 4.79 Å². The van der Waals surface area contributed by atoms with Crippen LogP contribution in [0.2, 0.25) is 0 Å². The monoisotopic (exact) mass is 254 g/mol. The van der Waals surface area contributed by atoms with Gasteiger partial charge >= 0.3 is 0 Å². The lowest BCUT2D eigenvalue weighted by atomic mass is 9.98. The maximum absolute atomic E-state index is 11.7. The van der Waals surface area contributed by atoms with Crippen molar-refractivity contribution in [1.82, 2.24) is 10.6 Å². The Hall–Kier alpha value is -0.610. The molecule has 0 aromatic rings. The van der Waals surface area contributed by atoms with Crippen molar-refractivity contribution in [1.29, 1.82) is 0 Å². The third kappa shape index (κ3) is 4.58. The largest absolute Gasteiger partial charge is 0.383 e. The van der Waals surface area contributed by atoms with Gasteiger partial charge in [-0.1, -0.05) is 0 Å². The molecule has 0 bridgehead atoms. The molecular formula is C14H26N2O2. The molecule has 2 rings (SSSR count). The molecule has 2 fully saturated rings. The Bertz CT molecular complexity index is 263. The van der Waals surface area contributed by atoms with E-state index >= 15 is 0 Å². The first-order valence-electron chi connectivity index (χ1n) is 7.19. The van der Waals surface area contributed by atoms with Crippen LogP contribution in [0.25, 0.3) is 0 Å². The minimum Gasteiger partial charge on any atom is -0.383 e. The lowest BCUT2D eigenvalue weighted by molar-refractivity contribution is -0.121. The molecule has 0 heterocycles. The van der Waals surface area contributed by atoms with Crippen LogP contribution >= 0.6 is 0 Å². The van der Waals surface area contributed by atoms with Crippen molar-refractivity contribution in [2.75, 3.05) is 26.8 Å². The Morgan fingerprint density at radius 2 is 1.89 bits per heavy atom. The molecule has 2 aliphatic rings. The fourth-order valence-electron chi connectivity index (χ4n) is 2.74. The lowest BCUT2D eigenvalue weighted by Crippen LogP contribution is -2.42. The highest BCUT2D eigenvalue weighted by Crippen LogP contribution is 2.48. The topological polar surface area (TPSA) is 50.4 Å². The number of methoxy groups -OCH3 is 1. The van der Waals surface area contributed by atoms with E-state index in [0.717, 1.165) is 24.3 Å². The normalized spacial score (nSPS) is 21.1. The second-order valence-corrected chi connectivity index (χ2v) is 5.89. The number of ether oxygens (including phenoxy) is 1.